The van der Waals surface area contributed by atoms with Crippen LogP contribution < -0.4 is 10.1 Å². The smallest absolute Gasteiger partial charge is 0.336 e. The number of fused-ring (bicyclic) bond motifs is 1. The number of aromatic nitrogens is 2. The van der Waals surface area contributed by atoms with E-state index in [0.29, 0.717) is 0 Å². The number of aliphatic hydroxyl groups is 1. The van der Waals surface area contributed by atoms with Gasteiger partial charge in [-0.05, 0) is 56.0 Å². The van der Waals surface area contributed by atoms with Crippen molar-refractivity contribution in [1.82, 2.24) is 14.7 Å². The Kier molecular flexibility index (Phi) is 9.31. The molecule has 5 N–H and O–H groups in total. The van der Waals surface area contributed by atoms with Gasteiger partial charge < -0.3 is 34.9 Å². The summed E-state index contributed by atoms with van der Waals surface area (Å²) in [6.45, 7) is 5.05. The summed E-state index contributed by atoms with van der Waals surface area (Å²) < 4.78 is 7.56. The third-order valence-electron chi connectivity index (χ3n) is 7.12. The van der Waals surface area contributed by atoms with Gasteiger partial charge in [-0.25, -0.2) is 9.78 Å². The number of imidazole rings is 1. The number of nitrogens with zero attached hydrogens (tertiary/aromatic N) is 2. The third kappa shape index (κ3) is 6.92. The van der Waals surface area contributed by atoms with Crippen molar-refractivity contribution >= 4 is 23.6 Å². The van der Waals surface area contributed by atoms with E-state index in [1.54, 1.807) is 7.11 Å². The van der Waals surface area contributed by atoms with Crippen LogP contribution in [0.4, 0.5) is 0 Å². The molecule has 11 nitrogen and oxygen atoms in total. The SMILES string of the molecule is COc1ccc(C2(NCc3c(C)nc4c(C)cccn34)CCCC2)cc1.O=C(O)CC(O)(CC(=O)O)C(=O)O. The van der Waals surface area contributed by atoms with Crippen LogP contribution in [0.15, 0.2) is 42.6 Å². The van der Waals surface area contributed by atoms with Gasteiger partial charge >= 0.3 is 17.9 Å². The number of carboxylic acids is 3. The van der Waals surface area contributed by atoms with Crippen molar-refractivity contribution in [1.29, 1.82) is 0 Å². The van der Waals surface area contributed by atoms with E-state index in [0.717, 1.165) is 23.6 Å². The average molecular weight is 542 g/mol. The fourth-order valence-electron chi connectivity index (χ4n) is 5.00. The van der Waals surface area contributed by atoms with Crippen LogP contribution in [0, 0.1) is 13.8 Å². The lowest BCUT2D eigenvalue weighted by Crippen LogP contribution is -2.42. The van der Waals surface area contributed by atoms with Gasteiger partial charge in [-0.3, -0.25) is 9.59 Å². The van der Waals surface area contributed by atoms with E-state index in [1.807, 2.05) is 0 Å². The average Bonchev–Trinajstić information content (AvgIpc) is 3.48. The van der Waals surface area contributed by atoms with E-state index in [-0.39, 0.29) is 5.54 Å². The molecule has 2 heterocycles. The summed E-state index contributed by atoms with van der Waals surface area (Å²) in [4.78, 5) is 35.3. The Morgan fingerprint density at radius 1 is 1.03 bits per heavy atom. The van der Waals surface area contributed by atoms with Crippen LogP contribution in [-0.4, -0.2) is 60.4 Å². The minimum atomic E-state index is -2.74. The number of rotatable bonds is 10. The van der Waals surface area contributed by atoms with Crippen molar-refractivity contribution in [2.24, 2.45) is 0 Å². The zero-order chi connectivity index (χ0) is 28.8. The Balaban J connectivity index is 0.000000276. The maximum absolute atomic E-state index is 10.3. The van der Waals surface area contributed by atoms with Gasteiger partial charge in [0.25, 0.3) is 0 Å². The highest BCUT2D eigenvalue weighted by molar-refractivity contribution is 5.88. The topological polar surface area (TPSA) is 171 Å². The lowest BCUT2D eigenvalue weighted by Gasteiger charge is -2.31. The number of pyridine rings is 1. The first-order valence-electron chi connectivity index (χ1n) is 12.6. The summed E-state index contributed by atoms with van der Waals surface area (Å²) in [6.07, 6.45) is 4.72. The molecule has 0 saturated heterocycles. The lowest BCUT2D eigenvalue weighted by atomic mass is 9.88. The van der Waals surface area contributed by atoms with Crippen LogP contribution >= 0.6 is 0 Å². The molecular weight excluding hydrogens is 506 g/mol. The van der Waals surface area contributed by atoms with E-state index < -0.39 is 36.4 Å². The van der Waals surface area contributed by atoms with Gasteiger partial charge in [-0.1, -0.05) is 31.0 Å². The molecule has 0 bridgehead atoms. The van der Waals surface area contributed by atoms with Gasteiger partial charge in [-0.2, -0.15) is 0 Å². The maximum atomic E-state index is 10.3. The summed E-state index contributed by atoms with van der Waals surface area (Å²) in [7, 11) is 1.72. The van der Waals surface area contributed by atoms with Crippen LogP contribution in [-0.2, 0) is 26.5 Å². The van der Waals surface area contributed by atoms with Crippen molar-refractivity contribution in [3.63, 3.8) is 0 Å². The summed E-state index contributed by atoms with van der Waals surface area (Å²) in [5.74, 6) is -4.11. The van der Waals surface area contributed by atoms with Crippen molar-refractivity contribution in [3.05, 3.63) is 65.1 Å². The van der Waals surface area contributed by atoms with Crippen LogP contribution in [0.1, 0.15) is 61.0 Å². The Morgan fingerprint density at radius 2 is 1.62 bits per heavy atom. The molecule has 2 aromatic heterocycles. The predicted molar refractivity (Wildman–Crippen MR) is 142 cm³/mol. The number of hydrogen-bond acceptors (Lipinski definition) is 7. The van der Waals surface area contributed by atoms with Gasteiger partial charge in [0.1, 0.15) is 11.4 Å². The van der Waals surface area contributed by atoms with E-state index in [2.05, 4.69) is 66.2 Å². The van der Waals surface area contributed by atoms with Crippen molar-refractivity contribution in [2.75, 3.05) is 7.11 Å². The zero-order valence-corrected chi connectivity index (χ0v) is 22.3. The molecule has 210 valence electrons. The summed E-state index contributed by atoms with van der Waals surface area (Å²) in [5, 5.41) is 37.7. The molecule has 39 heavy (non-hydrogen) atoms. The second-order valence-electron chi connectivity index (χ2n) is 9.88. The van der Waals surface area contributed by atoms with Crippen molar-refractivity contribution in [2.45, 2.75) is 70.1 Å². The monoisotopic (exact) mass is 541 g/mol. The summed E-state index contributed by atoms with van der Waals surface area (Å²) in [5.41, 5.74) is 3.31. The van der Waals surface area contributed by atoms with Crippen molar-refractivity contribution in [3.8, 4) is 5.75 Å². The molecule has 1 fully saturated rings. The summed E-state index contributed by atoms with van der Waals surface area (Å²) in [6, 6.07) is 12.8. The van der Waals surface area contributed by atoms with Gasteiger partial charge in [-0.15, -0.1) is 0 Å². The number of hydrogen-bond donors (Lipinski definition) is 5. The second-order valence-corrected chi connectivity index (χ2v) is 9.88. The molecule has 1 aliphatic rings. The number of carbonyl (C=O) groups is 3. The van der Waals surface area contributed by atoms with Crippen LogP contribution in [0.2, 0.25) is 0 Å². The van der Waals surface area contributed by atoms with Gasteiger partial charge in [0, 0.05) is 18.3 Å². The molecule has 11 heteroatoms. The molecule has 0 unspecified atom stereocenters. The minimum Gasteiger partial charge on any atom is -0.497 e. The number of ether oxygens (including phenoxy) is 1. The minimum absolute atomic E-state index is 0.0483. The fraction of sp³-hybridized carbons (Fsp3) is 0.429. The second kappa shape index (κ2) is 12.3. The molecule has 0 atom stereocenters. The molecule has 3 aromatic rings. The summed E-state index contributed by atoms with van der Waals surface area (Å²) >= 11 is 0. The highest BCUT2D eigenvalue weighted by atomic mass is 16.5. The van der Waals surface area contributed by atoms with Crippen molar-refractivity contribution < 1.29 is 39.5 Å². The number of carboxylic acid groups (broad SMARTS) is 3. The Morgan fingerprint density at radius 3 is 2.13 bits per heavy atom. The number of methoxy groups -OCH3 is 1. The van der Waals surface area contributed by atoms with E-state index >= 15 is 0 Å². The number of nitrogens with one attached hydrogen (secondary N) is 1. The first kappa shape index (κ1) is 29.6. The molecule has 1 aliphatic carbocycles. The number of aliphatic carboxylic acids is 3. The van der Waals surface area contributed by atoms with Gasteiger partial charge in [0.15, 0.2) is 5.60 Å². The lowest BCUT2D eigenvalue weighted by molar-refractivity contribution is -0.170. The Labute approximate surface area is 226 Å². The number of aryl methyl sites for hydroxylation is 2. The highest BCUT2D eigenvalue weighted by Gasteiger charge is 2.41. The highest BCUT2D eigenvalue weighted by Crippen LogP contribution is 2.39. The molecule has 1 aromatic carbocycles. The van der Waals surface area contributed by atoms with E-state index in [4.69, 9.17) is 30.1 Å². The molecule has 4 rings (SSSR count). The maximum Gasteiger partial charge on any atom is 0.336 e. The molecule has 0 aliphatic heterocycles. The standard InChI is InChI=1S/C22H27N3O.C6H8O7/c1-16-7-6-14-25-20(17(2)24-21(16)25)15-23-22(12-4-5-13-22)18-8-10-19(26-3)11-9-18;7-3(8)1-6(13,5(11)12)2-4(9)10/h6-11,14,23H,4-5,12-13,15H2,1-3H3;13H,1-2H2,(H,7,8)(H,9,10)(H,11,12). The normalized spacial score (nSPS) is 14.5. The zero-order valence-electron chi connectivity index (χ0n) is 22.3. The van der Waals surface area contributed by atoms with Crippen LogP contribution in [0.5, 0.6) is 5.75 Å². The fourth-order valence-corrected chi connectivity index (χ4v) is 5.00. The molecule has 0 amide bonds. The van der Waals surface area contributed by atoms with Gasteiger partial charge in [0.05, 0.1) is 31.3 Å². The Hall–Kier alpha value is -3.96. The Bertz CT molecular complexity index is 1310. The quantitative estimate of drug-likeness (QED) is 0.257. The molecule has 1 saturated carbocycles. The third-order valence-corrected chi connectivity index (χ3v) is 7.12. The molecule has 0 spiro atoms. The predicted octanol–water partition coefficient (Wildman–Crippen LogP) is 3.27. The largest absolute Gasteiger partial charge is 0.497 e. The first-order valence-corrected chi connectivity index (χ1v) is 12.6. The molecule has 0 radical (unpaired) electrons. The van der Waals surface area contributed by atoms with Crippen LogP contribution in [0.25, 0.3) is 5.65 Å². The molecular formula is C28H35N3O8. The van der Waals surface area contributed by atoms with E-state index in [9.17, 15) is 14.4 Å². The van der Waals surface area contributed by atoms with Crippen LogP contribution in [0.3, 0.4) is 0 Å². The van der Waals surface area contributed by atoms with E-state index in [1.165, 1.54) is 42.5 Å². The number of benzene rings is 1. The first-order chi connectivity index (χ1) is 18.4. The van der Waals surface area contributed by atoms with Gasteiger partial charge in [0.2, 0.25) is 0 Å².